The summed E-state index contributed by atoms with van der Waals surface area (Å²) in [6.45, 7) is 11.5. The molecular weight excluding hydrogens is 354 g/mol. The van der Waals surface area contributed by atoms with Gasteiger partial charge in [0.1, 0.15) is 6.10 Å². The number of piperidine rings is 1. The number of hydrogen-bond acceptors (Lipinski definition) is 5. The van der Waals surface area contributed by atoms with E-state index in [0.717, 1.165) is 51.7 Å². The predicted molar refractivity (Wildman–Crippen MR) is 106 cm³/mol. The topological polar surface area (TPSA) is 55.8 Å². The number of ether oxygens (including phenoxy) is 2. The first-order chi connectivity index (χ1) is 13.4. The van der Waals surface area contributed by atoms with Crippen LogP contribution in [-0.4, -0.2) is 49.2 Å². The fourth-order valence-corrected chi connectivity index (χ4v) is 6.35. The van der Waals surface area contributed by atoms with Crippen molar-refractivity contribution in [3.63, 3.8) is 0 Å². The summed E-state index contributed by atoms with van der Waals surface area (Å²) in [5.74, 6) is 0.779. The van der Waals surface area contributed by atoms with Gasteiger partial charge in [0.2, 0.25) is 0 Å². The van der Waals surface area contributed by atoms with Gasteiger partial charge >= 0.3 is 11.9 Å². The first-order valence-electron chi connectivity index (χ1n) is 11.2. The van der Waals surface area contributed by atoms with E-state index in [2.05, 4.69) is 18.4 Å². The standard InChI is InChI=1S/C23H35NO4/c1-4-27-21(25)16-7-10-24(11-8-16)14-18-17-12-19-15(2)6-5-9-23(19,3)13-20(17)28-22(18)26/h16-20H,2,4-14H2,1,3H3/t17-,18?,19?,20-,23-/m1/s1. The van der Waals surface area contributed by atoms with Crippen molar-refractivity contribution in [1.29, 1.82) is 0 Å². The molecule has 0 aromatic carbocycles. The minimum atomic E-state index is -0.0649. The van der Waals surface area contributed by atoms with Gasteiger partial charge in [-0.2, -0.15) is 0 Å². The van der Waals surface area contributed by atoms with Gasteiger partial charge in [-0.05, 0) is 76.3 Å². The van der Waals surface area contributed by atoms with Gasteiger partial charge in [-0.15, -0.1) is 0 Å². The smallest absolute Gasteiger partial charge is 0.310 e. The van der Waals surface area contributed by atoms with Crippen molar-refractivity contribution in [2.45, 2.75) is 64.9 Å². The number of nitrogens with zero attached hydrogens (tertiary/aromatic N) is 1. The van der Waals surface area contributed by atoms with E-state index in [1.807, 2.05) is 6.92 Å². The highest BCUT2D eigenvalue weighted by Crippen LogP contribution is 2.56. The summed E-state index contributed by atoms with van der Waals surface area (Å²) in [5, 5.41) is 0. The number of likely N-dealkylation sites (tertiary alicyclic amines) is 1. The van der Waals surface area contributed by atoms with Crippen molar-refractivity contribution in [2.24, 2.45) is 29.1 Å². The van der Waals surface area contributed by atoms with Crippen molar-refractivity contribution >= 4 is 11.9 Å². The molecule has 156 valence electrons. The lowest BCUT2D eigenvalue weighted by molar-refractivity contribution is -0.150. The molecule has 4 rings (SSSR count). The number of hydrogen-bond donors (Lipinski definition) is 0. The molecule has 0 spiro atoms. The Kier molecular flexibility index (Phi) is 5.56. The molecule has 2 heterocycles. The van der Waals surface area contributed by atoms with Crippen LogP contribution in [-0.2, 0) is 19.1 Å². The van der Waals surface area contributed by atoms with E-state index in [0.29, 0.717) is 18.4 Å². The molecule has 4 aliphatic rings. The van der Waals surface area contributed by atoms with Gasteiger partial charge in [0.25, 0.3) is 0 Å². The van der Waals surface area contributed by atoms with Gasteiger partial charge in [-0.1, -0.05) is 19.1 Å². The van der Waals surface area contributed by atoms with Crippen molar-refractivity contribution in [1.82, 2.24) is 4.90 Å². The Labute approximate surface area is 168 Å². The van der Waals surface area contributed by atoms with Gasteiger partial charge in [0.05, 0.1) is 18.4 Å². The molecule has 0 aromatic heterocycles. The van der Waals surface area contributed by atoms with Crippen LogP contribution in [0.15, 0.2) is 12.2 Å². The van der Waals surface area contributed by atoms with E-state index in [1.54, 1.807) is 0 Å². The van der Waals surface area contributed by atoms with E-state index < -0.39 is 0 Å². The van der Waals surface area contributed by atoms with E-state index in [4.69, 9.17) is 9.47 Å². The van der Waals surface area contributed by atoms with E-state index in [9.17, 15) is 9.59 Å². The average Bonchev–Trinajstić information content (AvgIpc) is 2.95. The molecule has 0 radical (unpaired) electrons. The number of esters is 2. The van der Waals surface area contributed by atoms with Crippen LogP contribution >= 0.6 is 0 Å². The third-order valence-electron chi connectivity index (χ3n) is 7.98. The molecule has 2 saturated carbocycles. The molecule has 5 atom stereocenters. The fraction of sp³-hybridized carbons (Fsp3) is 0.826. The van der Waals surface area contributed by atoms with Crippen LogP contribution < -0.4 is 0 Å². The Hall–Kier alpha value is -1.36. The van der Waals surface area contributed by atoms with E-state index in [-0.39, 0.29) is 35.3 Å². The zero-order valence-electron chi connectivity index (χ0n) is 17.5. The van der Waals surface area contributed by atoms with Gasteiger partial charge < -0.3 is 14.4 Å². The van der Waals surface area contributed by atoms with Crippen molar-refractivity contribution in [3.8, 4) is 0 Å². The molecule has 0 amide bonds. The predicted octanol–water partition coefficient (Wildman–Crippen LogP) is 3.58. The number of fused-ring (bicyclic) bond motifs is 2. The van der Waals surface area contributed by atoms with Gasteiger partial charge in [0, 0.05) is 12.5 Å². The highest BCUT2D eigenvalue weighted by Gasteiger charge is 2.55. The van der Waals surface area contributed by atoms with Crippen molar-refractivity contribution in [2.75, 3.05) is 26.2 Å². The summed E-state index contributed by atoms with van der Waals surface area (Å²) >= 11 is 0. The van der Waals surface area contributed by atoms with Crippen LogP contribution in [0.4, 0.5) is 0 Å². The first-order valence-corrected chi connectivity index (χ1v) is 11.2. The molecule has 0 bridgehead atoms. The second-order valence-electron chi connectivity index (χ2n) is 9.73. The third kappa shape index (κ3) is 3.62. The molecule has 28 heavy (non-hydrogen) atoms. The Bertz CT molecular complexity index is 639. The van der Waals surface area contributed by atoms with Crippen LogP contribution in [0.1, 0.15) is 58.8 Å². The fourth-order valence-electron chi connectivity index (χ4n) is 6.35. The van der Waals surface area contributed by atoms with Crippen LogP contribution in [0.5, 0.6) is 0 Å². The normalized spacial score (nSPS) is 39.2. The maximum Gasteiger partial charge on any atom is 0.310 e. The first kappa shape index (κ1) is 19.9. The zero-order chi connectivity index (χ0) is 19.9. The maximum atomic E-state index is 12.7. The minimum absolute atomic E-state index is 0.00428. The summed E-state index contributed by atoms with van der Waals surface area (Å²) in [6, 6.07) is 0. The molecule has 2 unspecified atom stereocenters. The Balaban J connectivity index is 1.38. The lowest BCUT2D eigenvalue weighted by Crippen LogP contribution is -2.46. The van der Waals surface area contributed by atoms with Gasteiger partial charge in [-0.25, -0.2) is 0 Å². The summed E-state index contributed by atoms with van der Waals surface area (Å²) < 4.78 is 11.1. The number of carbonyl (C=O) groups is 2. The Morgan fingerprint density at radius 3 is 2.82 bits per heavy atom. The summed E-state index contributed by atoms with van der Waals surface area (Å²) in [7, 11) is 0. The molecule has 5 nitrogen and oxygen atoms in total. The summed E-state index contributed by atoms with van der Waals surface area (Å²) in [6.07, 6.45) is 7.36. The molecule has 0 N–H and O–H groups in total. The highest BCUT2D eigenvalue weighted by molar-refractivity contribution is 5.76. The second-order valence-corrected chi connectivity index (χ2v) is 9.73. The van der Waals surface area contributed by atoms with E-state index >= 15 is 0 Å². The second kappa shape index (κ2) is 7.81. The maximum absolute atomic E-state index is 12.7. The molecular formula is C23H35NO4. The molecule has 5 heteroatoms. The Morgan fingerprint density at radius 2 is 2.11 bits per heavy atom. The molecule has 0 aromatic rings. The quantitative estimate of drug-likeness (QED) is 0.543. The summed E-state index contributed by atoms with van der Waals surface area (Å²) in [5.41, 5.74) is 1.64. The SMILES string of the molecule is C=C1CCC[C@]2(C)C[C@H]3OC(=O)C(CN4CCC(C(=O)OCC)CC4)[C@H]3CC12. The number of allylic oxidation sites excluding steroid dienone is 1. The van der Waals surface area contributed by atoms with E-state index in [1.165, 1.54) is 18.4 Å². The largest absolute Gasteiger partial charge is 0.466 e. The monoisotopic (exact) mass is 389 g/mol. The average molecular weight is 390 g/mol. The Morgan fingerprint density at radius 1 is 1.36 bits per heavy atom. The molecule has 2 aliphatic carbocycles. The van der Waals surface area contributed by atoms with Crippen LogP contribution in [0.3, 0.4) is 0 Å². The number of rotatable bonds is 4. The lowest BCUT2D eigenvalue weighted by atomic mass is 9.55. The van der Waals surface area contributed by atoms with Crippen molar-refractivity contribution < 1.29 is 19.1 Å². The van der Waals surface area contributed by atoms with Crippen LogP contribution in [0.25, 0.3) is 0 Å². The van der Waals surface area contributed by atoms with Gasteiger partial charge in [0.15, 0.2) is 0 Å². The third-order valence-corrected chi connectivity index (χ3v) is 7.98. The zero-order valence-corrected chi connectivity index (χ0v) is 17.5. The van der Waals surface area contributed by atoms with Gasteiger partial charge in [-0.3, -0.25) is 9.59 Å². The highest BCUT2D eigenvalue weighted by atomic mass is 16.6. The number of carbonyl (C=O) groups excluding carboxylic acids is 2. The van der Waals surface area contributed by atoms with Crippen molar-refractivity contribution in [3.05, 3.63) is 12.2 Å². The molecule has 2 saturated heterocycles. The van der Waals surface area contributed by atoms with Crippen LogP contribution in [0.2, 0.25) is 0 Å². The van der Waals surface area contributed by atoms with Crippen LogP contribution in [0, 0.1) is 29.1 Å². The lowest BCUT2D eigenvalue weighted by Gasteiger charge is -2.50. The molecule has 2 aliphatic heterocycles. The molecule has 4 fully saturated rings. The minimum Gasteiger partial charge on any atom is -0.466 e. The summed E-state index contributed by atoms with van der Waals surface area (Å²) in [4.78, 5) is 27.0.